The van der Waals surface area contributed by atoms with E-state index in [0.29, 0.717) is 31.8 Å². The van der Waals surface area contributed by atoms with Crippen molar-refractivity contribution in [1.29, 1.82) is 0 Å². The fourth-order valence-electron chi connectivity index (χ4n) is 1.65. The van der Waals surface area contributed by atoms with E-state index < -0.39 is 0 Å². The number of carbonyl (C=O) groups excluding carboxylic acids is 1. The predicted molar refractivity (Wildman–Crippen MR) is 76.8 cm³/mol. The average Bonchev–Trinajstić information content (AvgIpc) is 2.89. The molecule has 0 saturated carbocycles. The van der Waals surface area contributed by atoms with E-state index in [-0.39, 0.29) is 5.97 Å². The lowest BCUT2D eigenvalue weighted by atomic mass is 10.2. The molecule has 0 unspecified atom stereocenters. The highest BCUT2D eigenvalue weighted by molar-refractivity contribution is 9.10. The summed E-state index contributed by atoms with van der Waals surface area (Å²) in [5.74, 6) is 0.384. The van der Waals surface area contributed by atoms with Crippen LogP contribution in [0.3, 0.4) is 0 Å². The van der Waals surface area contributed by atoms with Gasteiger partial charge in [-0.15, -0.1) is 10.2 Å². The van der Waals surface area contributed by atoms with E-state index in [1.54, 1.807) is 6.92 Å². The number of esters is 1. The zero-order valence-corrected chi connectivity index (χ0v) is 12.7. The molecule has 2 aromatic rings. The summed E-state index contributed by atoms with van der Waals surface area (Å²) < 4.78 is 5.86. The molecule has 0 spiro atoms. The SMILES string of the molecule is CCOC(=O)CCCn1nnc(-c2ccc(Br)cc2)n1. The number of tetrazole rings is 1. The van der Waals surface area contributed by atoms with Gasteiger partial charge in [-0.3, -0.25) is 4.79 Å². The van der Waals surface area contributed by atoms with Crippen molar-refractivity contribution in [3.63, 3.8) is 0 Å². The Bertz CT molecular complexity index is 568. The summed E-state index contributed by atoms with van der Waals surface area (Å²) in [7, 11) is 0. The first-order chi connectivity index (χ1) is 9.69. The molecule has 1 aromatic heterocycles. The van der Waals surface area contributed by atoms with Crippen LogP contribution in [0.5, 0.6) is 0 Å². The van der Waals surface area contributed by atoms with Crippen LogP contribution in [0.2, 0.25) is 0 Å². The van der Waals surface area contributed by atoms with E-state index in [0.717, 1.165) is 10.0 Å². The molecule has 0 N–H and O–H groups in total. The number of hydrogen-bond donors (Lipinski definition) is 0. The van der Waals surface area contributed by atoms with E-state index >= 15 is 0 Å². The summed E-state index contributed by atoms with van der Waals surface area (Å²) in [5, 5.41) is 12.3. The van der Waals surface area contributed by atoms with E-state index in [9.17, 15) is 4.79 Å². The molecule has 20 heavy (non-hydrogen) atoms. The third-order valence-electron chi connectivity index (χ3n) is 2.60. The molecule has 1 heterocycles. The summed E-state index contributed by atoms with van der Waals surface area (Å²) in [4.78, 5) is 12.7. The van der Waals surface area contributed by atoms with Crippen molar-refractivity contribution in [2.75, 3.05) is 6.61 Å². The maximum absolute atomic E-state index is 11.2. The Kier molecular flexibility index (Phi) is 5.23. The van der Waals surface area contributed by atoms with Gasteiger partial charge in [-0.25, -0.2) is 0 Å². The van der Waals surface area contributed by atoms with Crippen molar-refractivity contribution >= 4 is 21.9 Å². The second-order valence-electron chi connectivity index (χ2n) is 4.12. The topological polar surface area (TPSA) is 69.9 Å². The van der Waals surface area contributed by atoms with Gasteiger partial charge in [-0.1, -0.05) is 15.9 Å². The van der Waals surface area contributed by atoms with Crippen molar-refractivity contribution < 1.29 is 9.53 Å². The molecule has 0 atom stereocenters. The van der Waals surface area contributed by atoms with Gasteiger partial charge < -0.3 is 4.74 Å². The quantitative estimate of drug-likeness (QED) is 0.756. The predicted octanol–water partition coefficient (Wildman–Crippen LogP) is 2.45. The maximum atomic E-state index is 11.2. The van der Waals surface area contributed by atoms with Gasteiger partial charge in [0.05, 0.1) is 13.2 Å². The molecule has 0 bridgehead atoms. The first-order valence-electron chi connectivity index (χ1n) is 6.38. The Morgan fingerprint density at radius 3 is 2.80 bits per heavy atom. The Labute approximate surface area is 125 Å². The van der Waals surface area contributed by atoms with Gasteiger partial charge in [0.15, 0.2) is 0 Å². The van der Waals surface area contributed by atoms with Crippen molar-refractivity contribution in [2.24, 2.45) is 0 Å². The molecule has 2 rings (SSSR count). The molecular formula is C13H15BrN4O2. The zero-order valence-electron chi connectivity index (χ0n) is 11.1. The molecule has 0 saturated heterocycles. The standard InChI is InChI=1S/C13H15BrN4O2/c1-2-20-12(19)4-3-9-18-16-13(15-17-18)10-5-7-11(14)8-6-10/h5-8H,2-4,9H2,1H3. The number of aryl methyl sites for hydroxylation is 1. The molecule has 7 heteroatoms. The molecule has 0 fully saturated rings. The number of halogens is 1. The molecule has 0 aliphatic rings. The van der Waals surface area contributed by atoms with Crippen LogP contribution in [-0.2, 0) is 16.1 Å². The average molecular weight is 339 g/mol. The van der Waals surface area contributed by atoms with Crippen LogP contribution in [-0.4, -0.2) is 32.8 Å². The molecule has 1 aromatic carbocycles. The van der Waals surface area contributed by atoms with Gasteiger partial charge >= 0.3 is 5.97 Å². The third-order valence-corrected chi connectivity index (χ3v) is 3.13. The lowest BCUT2D eigenvalue weighted by Gasteiger charge is -2.00. The lowest BCUT2D eigenvalue weighted by Crippen LogP contribution is -2.08. The Morgan fingerprint density at radius 2 is 2.10 bits per heavy atom. The molecule has 0 aliphatic carbocycles. The van der Waals surface area contributed by atoms with Crippen LogP contribution in [0.15, 0.2) is 28.7 Å². The van der Waals surface area contributed by atoms with E-state index in [2.05, 4.69) is 31.3 Å². The van der Waals surface area contributed by atoms with Gasteiger partial charge in [0, 0.05) is 16.5 Å². The van der Waals surface area contributed by atoms with E-state index in [4.69, 9.17) is 4.74 Å². The Balaban J connectivity index is 1.89. The van der Waals surface area contributed by atoms with Gasteiger partial charge in [-0.05, 0) is 42.8 Å². The highest BCUT2D eigenvalue weighted by Gasteiger charge is 2.07. The van der Waals surface area contributed by atoms with Gasteiger partial charge in [0.25, 0.3) is 0 Å². The number of nitrogens with zero attached hydrogens (tertiary/aromatic N) is 4. The van der Waals surface area contributed by atoms with Gasteiger partial charge in [0.2, 0.25) is 5.82 Å². The van der Waals surface area contributed by atoms with Crippen molar-refractivity contribution in [3.8, 4) is 11.4 Å². The molecular weight excluding hydrogens is 324 g/mol. The number of ether oxygens (including phenoxy) is 1. The number of hydrogen-bond acceptors (Lipinski definition) is 5. The number of benzene rings is 1. The van der Waals surface area contributed by atoms with Crippen molar-refractivity contribution in [3.05, 3.63) is 28.7 Å². The Hall–Kier alpha value is -1.76. The number of rotatable bonds is 6. The second kappa shape index (κ2) is 7.14. The molecule has 0 amide bonds. The molecule has 0 aliphatic heterocycles. The van der Waals surface area contributed by atoms with Crippen LogP contribution < -0.4 is 0 Å². The smallest absolute Gasteiger partial charge is 0.305 e. The normalized spacial score (nSPS) is 10.5. The minimum Gasteiger partial charge on any atom is -0.466 e. The summed E-state index contributed by atoms with van der Waals surface area (Å²) in [6.07, 6.45) is 0.998. The largest absolute Gasteiger partial charge is 0.466 e. The first-order valence-corrected chi connectivity index (χ1v) is 7.17. The number of aromatic nitrogens is 4. The van der Waals surface area contributed by atoms with Crippen molar-refractivity contribution in [1.82, 2.24) is 20.2 Å². The fourth-order valence-corrected chi connectivity index (χ4v) is 1.91. The van der Waals surface area contributed by atoms with Crippen LogP contribution in [0.25, 0.3) is 11.4 Å². The monoisotopic (exact) mass is 338 g/mol. The minimum absolute atomic E-state index is 0.194. The van der Waals surface area contributed by atoms with Gasteiger partial charge in [-0.2, -0.15) is 4.80 Å². The zero-order chi connectivity index (χ0) is 14.4. The van der Waals surface area contributed by atoms with E-state index in [1.807, 2.05) is 24.3 Å². The van der Waals surface area contributed by atoms with E-state index in [1.165, 1.54) is 4.80 Å². The summed E-state index contributed by atoms with van der Waals surface area (Å²) in [6, 6.07) is 7.70. The fraction of sp³-hybridized carbons (Fsp3) is 0.385. The van der Waals surface area contributed by atoms with Crippen LogP contribution >= 0.6 is 15.9 Å². The number of carbonyl (C=O) groups is 1. The minimum atomic E-state index is -0.194. The second-order valence-corrected chi connectivity index (χ2v) is 5.04. The highest BCUT2D eigenvalue weighted by atomic mass is 79.9. The molecule has 0 radical (unpaired) electrons. The maximum Gasteiger partial charge on any atom is 0.305 e. The summed E-state index contributed by atoms with van der Waals surface area (Å²) in [6.45, 7) is 2.75. The lowest BCUT2D eigenvalue weighted by molar-refractivity contribution is -0.143. The Morgan fingerprint density at radius 1 is 1.35 bits per heavy atom. The van der Waals surface area contributed by atoms with Crippen LogP contribution in [0, 0.1) is 0 Å². The highest BCUT2D eigenvalue weighted by Crippen LogP contribution is 2.17. The first kappa shape index (κ1) is 14.6. The summed E-state index contributed by atoms with van der Waals surface area (Å²) in [5.41, 5.74) is 0.907. The van der Waals surface area contributed by atoms with Crippen molar-refractivity contribution in [2.45, 2.75) is 26.3 Å². The molecule has 106 valence electrons. The third kappa shape index (κ3) is 4.12. The summed E-state index contributed by atoms with van der Waals surface area (Å²) >= 11 is 3.38. The molecule has 6 nitrogen and oxygen atoms in total. The van der Waals surface area contributed by atoms with Crippen LogP contribution in [0.4, 0.5) is 0 Å². The van der Waals surface area contributed by atoms with Gasteiger partial charge in [0.1, 0.15) is 0 Å². The van der Waals surface area contributed by atoms with Crippen LogP contribution in [0.1, 0.15) is 19.8 Å².